The van der Waals surface area contributed by atoms with Gasteiger partial charge in [-0.3, -0.25) is 9.59 Å². The minimum Gasteiger partial charge on any atom is -0.481 e. The first-order valence-corrected chi connectivity index (χ1v) is 7.64. The van der Waals surface area contributed by atoms with E-state index in [2.05, 4.69) is 0 Å². The van der Waals surface area contributed by atoms with Crippen molar-refractivity contribution in [1.82, 2.24) is 0 Å². The number of carboxylic acids is 1. The number of carbonyl (C=O) groups excluding carboxylic acids is 1. The van der Waals surface area contributed by atoms with E-state index in [9.17, 15) is 9.59 Å². The number of para-hydroxylation sites is 1. The Kier molecular flexibility index (Phi) is 4.99. The summed E-state index contributed by atoms with van der Waals surface area (Å²) in [5, 5.41) is 9.04. The first-order chi connectivity index (χ1) is 10.0. The van der Waals surface area contributed by atoms with Gasteiger partial charge in [-0.15, -0.1) is 0 Å². The third-order valence-corrected chi connectivity index (χ3v) is 4.41. The van der Waals surface area contributed by atoms with Gasteiger partial charge in [-0.2, -0.15) is 0 Å². The van der Waals surface area contributed by atoms with Crippen molar-refractivity contribution >= 4 is 17.6 Å². The summed E-state index contributed by atoms with van der Waals surface area (Å²) < 4.78 is 0. The molecule has 0 radical (unpaired) electrons. The van der Waals surface area contributed by atoms with Crippen molar-refractivity contribution in [2.45, 2.75) is 39.5 Å². The zero-order valence-electron chi connectivity index (χ0n) is 12.7. The van der Waals surface area contributed by atoms with Gasteiger partial charge in [0.05, 0.1) is 5.92 Å². The molecule has 1 N–H and O–H groups in total. The fourth-order valence-corrected chi connectivity index (χ4v) is 3.12. The van der Waals surface area contributed by atoms with E-state index in [-0.39, 0.29) is 17.7 Å². The maximum atomic E-state index is 12.7. The van der Waals surface area contributed by atoms with Crippen LogP contribution >= 0.6 is 0 Å². The summed E-state index contributed by atoms with van der Waals surface area (Å²) >= 11 is 0. The lowest BCUT2D eigenvalue weighted by Gasteiger charge is -2.31. The molecule has 0 saturated heterocycles. The number of carboxylic acid groups (broad SMARTS) is 1. The second-order valence-electron chi connectivity index (χ2n) is 5.76. The smallest absolute Gasteiger partial charge is 0.306 e. The summed E-state index contributed by atoms with van der Waals surface area (Å²) in [7, 11) is 0. The number of anilines is 1. The number of aliphatic carboxylic acids is 1. The van der Waals surface area contributed by atoms with Crippen molar-refractivity contribution < 1.29 is 14.7 Å². The minimum atomic E-state index is -0.729. The van der Waals surface area contributed by atoms with Crippen molar-refractivity contribution in [3.05, 3.63) is 29.8 Å². The van der Waals surface area contributed by atoms with Crippen LogP contribution in [0.25, 0.3) is 0 Å². The van der Waals surface area contributed by atoms with Gasteiger partial charge in [0, 0.05) is 18.2 Å². The van der Waals surface area contributed by atoms with E-state index in [1.54, 1.807) is 0 Å². The Balaban J connectivity index is 2.08. The van der Waals surface area contributed by atoms with Crippen LogP contribution in [0, 0.1) is 18.8 Å². The van der Waals surface area contributed by atoms with E-state index in [1.165, 1.54) is 0 Å². The Hall–Kier alpha value is -1.84. The summed E-state index contributed by atoms with van der Waals surface area (Å²) in [5.74, 6) is -0.912. The standard InChI is InChI=1S/C17H23NO3/c1-3-18(15-7-5-4-6-12(15)2)16(19)13-8-10-14(11-9-13)17(20)21/h4-7,13-14H,3,8-11H2,1-2H3,(H,20,21). The van der Waals surface area contributed by atoms with E-state index >= 15 is 0 Å². The fourth-order valence-electron chi connectivity index (χ4n) is 3.12. The summed E-state index contributed by atoms with van der Waals surface area (Å²) in [5.41, 5.74) is 2.05. The number of nitrogens with zero attached hydrogens (tertiary/aromatic N) is 1. The zero-order chi connectivity index (χ0) is 15.4. The fraction of sp³-hybridized carbons (Fsp3) is 0.529. The Morgan fingerprint density at radius 1 is 1.14 bits per heavy atom. The second kappa shape index (κ2) is 6.74. The van der Waals surface area contributed by atoms with Crippen LogP contribution in [0.5, 0.6) is 0 Å². The number of benzene rings is 1. The molecule has 1 amide bonds. The quantitative estimate of drug-likeness (QED) is 0.925. The predicted molar refractivity (Wildman–Crippen MR) is 82.3 cm³/mol. The molecule has 1 aliphatic rings. The van der Waals surface area contributed by atoms with Gasteiger partial charge in [-0.1, -0.05) is 18.2 Å². The number of rotatable bonds is 4. The highest BCUT2D eigenvalue weighted by atomic mass is 16.4. The lowest BCUT2D eigenvalue weighted by atomic mass is 9.81. The Morgan fingerprint density at radius 3 is 2.24 bits per heavy atom. The third kappa shape index (κ3) is 3.43. The molecule has 0 bridgehead atoms. The summed E-state index contributed by atoms with van der Waals surface area (Å²) in [6, 6.07) is 7.89. The van der Waals surface area contributed by atoms with Crippen molar-refractivity contribution in [1.29, 1.82) is 0 Å². The molecular formula is C17H23NO3. The first kappa shape index (κ1) is 15.5. The topological polar surface area (TPSA) is 57.6 Å². The van der Waals surface area contributed by atoms with Gasteiger partial charge in [0.25, 0.3) is 0 Å². The van der Waals surface area contributed by atoms with Gasteiger partial charge in [0.15, 0.2) is 0 Å². The molecular weight excluding hydrogens is 266 g/mol. The maximum Gasteiger partial charge on any atom is 0.306 e. The van der Waals surface area contributed by atoms with Gasteiger partial charge < -0.3 is 10.0 Å². The molecule has 21 heavy (non-hydrogen) atoms. The molecule has 0 aromatic heterocycles. The van der Waals surface area contributed by atoms with E-state index < -0.39 is 5.97 Å². The molecule has 2 rings (SSSR count). The van der Waals surface area contributed by atoms with Crippen LogP contribution in [0.1, 0.15) is 38.2 Å². The largest absolute Gasteiger partial charge is 0.481 e. The molecule has 1 saturated carbocycles. The van der Waals surface area contributed by atoms with Gasteiger partial charge in [0.1, 0.15) is 0 Å². The van der Waals surface area contributed by atoms with E-state index in [4.69, 9.17) is 5.11 Å². The predicted octanol–water partition coefficient (Wildman–Crippen LogP) is 3.24. The summed E-state index contributed by atoms with van der Waals surface area (Å²) in [4.78, 5) is 25.6. The highest BCUT2D eigenvalue weighted by molar-refractivity contribution is 5.95. The van der Waals surface area contributed by atoms with Gasteiger partial charge >= 0.3 is 5.97 Å². The summed E-state index contributed by atoms with van der Waals surface area (Å²) in [6.07, 6.45) is 2.57. The highest BCUT2D eigenvalue weighted by Crippen LogP contribution is 2.32. The van der Waals surface area contributed by atoms with Crippen LogP contribution in [-0.4, -0.2) is 23.5 Å². The molecule has 0 heterocycles. The van der Waals surface area contributed by atoms with Crippen LogP contribution in [-0.2, 0) is 9.59 Å². The molecule has 1 fully saturated rings. The Bertz CT molecular complexity index is 519. The van der Waals surface area contributed by atoms with Gasteiger partial charge in [-0.05, 0) is 51.2 Å². The van der Waals surface area contributed by atoms with Gasteiger partial charge in [0.2, 0.25) is 5.91 Å². The normalized spacial score (nSPS) is 21.8. The van der Waals surface area contributed by atoms with E-state index in [0.29, 0.717) is 32.2 Å². The molecule has 4 nitrogen and oxygen atoms in total. The minimum absolute atomic E-state index is 0.0415. The Morgan fingerprint density at radius 2 is 1.71 bits per heavy atom. The SMILES string of the molecule is CCN(C(=O)C1CCC(C(=O)O)CC1)c1ccccc1C. The van der Waals surface area contributed by atoms with Crippen molar-refractivity contribution in [2.24, 2.45) is 11.8 Å². The maximum absolute atomic E-state index is 12.7. The van der Waals surface area contributed by atoms with Crippen LogP contribution in [0.3, 0.4) is 0 Å². The van der Waals surface area contributed by atoms with Gasteiger partial charge in [-0.25, -0.2) is 0 Å². The van der Waals surface area contributed by atoms with Crippen LogP contribution in [0.2, 0.25) is 0 Å². The van der Waals surface area contributed by atoms with Crippen molar-refractivity contribution in [3.8, 4) is 0 Å². The first-order valence-electron chi connectivity index (χ1n) is 7.64. The molecule has 0 spiro atoms. The lowest BCUT2D eigenvalue weighted by Crippen LogP contribution is -2.38. The van der Waals surface area contributed by atoms with Crippen molar-refractivity contribution in [2.75, 3.05) is 11.4 Å². The molecule has 0 aliphatic heterocycles. The number of aryl methyl sites for hydroxylation is 1. The Labute approximate surface area is 125 Å². The average molecular weight is 289 g/mol. The number of amides is 1. The molecule has 4 heteroatoms. The van der Waals surface area contributed by atoms with E-state index in [0.717, 1.165) is 11.3 Å². The molecule has 1 aromatic carbocycles. The van der Waals surface area contributed by atoms with Crippen molar-refractivity contribution in [3.63, 3.8) is 0 Å². The number of hydrogen-bond acceptors (Lipinski definition) is 2. The molecule has 114 valence electrons. The zero-order valence-corrected chi connectivity index (χ0v) is 12.7. The monoisotopic (exact) mass is 289 g/mol. The molecule has 1 aliphatic carbocycles. The second-order valence-corrected chi connectivity index (χ2v) is 5.76. The van der Waals surface area contributed by atoms with E-state index in [1.807, 2.05) is 43.0 Å². The number of carbonyl (C=O) groups is 2. The molecule has 0 unspecified atom stereocenters. The summed E-state index contributed by atoms with van der Waals surface area (Å²) in [6.45, 7) is 4.63. The average Bonchev–Trinajstić information content (AvgIpc) is 2.50. The highest BCUT2D eigenvalue weighted by Gasteiger charge is 2.32. The molecule has 0 atom stereocenters. The molecule has 1 aromatic rings. The van der Waals surface area contributed by atoms with Crippen LogP contribution in [0.4, 0.5) is 5.69 Å². The third-order valence-electron chi connectivity index (χ3n) is 4.41. The number of hydrogen-bond donors (Lipinski definition) is 1. The lowest BCUT2D eigenvalue weighted by molar-refractivity contribution is -0.144. The van der Waals surface area contributed by atoms with Crippen LogP contribution in [0.15, 0.2) is 24.3 Å². The van der Waals surface area contributed by atoms with Crippen LogP contribution < -0.4 is 4.90 Å².